The second-order valence-electron chi connectivity index (χ2n) is 2.31. The van der Waals surface area contributed by atoms with Crippen LogP contribution in [0.2, 0.25) is 5.15 Å². The van der Waals surface area contributed by atoms with Crippen molar-refractivity contribution in [1.29, 1.82) is 0 Å². The van der Waals surface area contributed by atoms with Gasteiger partial charge in [0.1, 0.15) is 10.1 Å². The summed E-state index contributed by atoms with van der Waals surface area (Å²) in [4.78, 5) is 4.47. The van der Waals surface area contributed by atoms with Crippen molar-refractivity contribution < 1.29 is 0 Å². The topological polar surface area (TPSA) is 38.9 Å². The number of nitrogens with two attached hydrogens (primary N) is 1. The van der Waals surface area contributed by atoms with Gasteiger partial charge in [-0.15, -0.1) is 11.8 Å². The van der Waals surface area contributed by atoms with Crippen LogP contribution in [0.1, 0.15) is 12.5 Å². The van der Waals surface area contributed by atoms with E-state index in [2.05, 4.69) is 4.98 Å². The molecule has 0 amide bonds. The number of halogens is 1. The lowest BCUT2D eigenvalue weighted by Crippen LogP contribution is -2.09. The Hall–Kier alpha value is -0.320. The van der Waals surface area contributed by atoms with Gasteiger partial charge in [-0.25, -0.2) is 4.98 Å². The van der Waals surface area contributed by atoms with Crippen molar-refractivity contribution in [3.63, 3.8) is 0 Å². The van der Waals surface area contributed by atoms with Crippen molar-refractivity contribution in [2.75, 3.05) is 5.75 Å². The number of pyridine rings is 1. The number of thioether (sulfide) groups is 1. The van der Waals surface area contributed by atoms with E-state index in [1.165, 1.54) is 0 Å². The van der Waals surface area contributed by atoms with Gasteiger partial charge in [0.2, 0.25) is 0 Å². The molecule has 0 aromatic carbocycles. The van der Waals surface area contributed by atoms with Crippen LogP contribution in [-0.4, -0.2) is 15.7 Å². The van der Waals surface area contributed by atoms with E-state index in [-0.39, 0.29) is 0 Å². The molecule has 70 valence electrons. The Labute approximate surface area is 91.9 Å². The number of rotatable bonds is 3. The van der Waals surface area contributed by atoms with E-state index in [0.717, 1.165) is 16.3 Å². The molecule has 2 N–H and O–H groups in total. The Balaban J connectivity index is 3.03. The Morgan fingerprint density at radius 1 is 1.69 bits per heavy atom. The lowest BCUT2D eigenvalue weighted by Gasteiger charge is -2.02. The van der Waals surface area contributed by atoms with Crippen LogP contribution in [0.25, 0.3) is 0 Å². The molecular formula is C8H9ClN2S2. The molecule has 5 heteroatoms. The molecule has 0 fully saturated rings. The van der Waals surface area contributed by atoms with Crippen LogP contribution in [0, 0.1) is 0 Å². The minimum absolute atomic E-state index is 0.349. The van der Waals surface area contributed by atoms with Gasteiger partial charge in [-0.2, -0.15) is 0 Å². The van der Waals surface area contributed by atoms with E-state index in [1.807, 2.05) is 13.0 Å². The zero-order valence-electron chi connectivity index (χ0n) is 7.08. The van der Waals surface area contributed by atoms with Crippen molar-refractivity contribution in [2.24, 2.45) is 5.73 Å². The first-order chi connectivity index (χ1) is 6.13. The van der Waals surface area contributed by atoms with Crippen molar-refractivity contribution >= 4 is 40.6 Å². The first kappa shape index (κ1) is 10.8. The quantitative estimate of drug-likeness (QED) is 0.494. The molecule has 0 saturated carbocycles. The van der Waals surface area contributed by atoms with Gasteiger partial charge in [0.15, 0.2) is 0 Å². The zero-order valence-corrected chi connectivity index (χ0v) is 9.47. The molecule has 1 aromatic rings. The summed E-state index contributed by atoms with van der Waals surface area (Å²) in [6.45, 7) is 2.05. The van der Waals surface area contributed by atoms with E-state index in [1.54, 1.807) is 17.8 Å². The second kappa shape index (κ2) is 4.79. The molecule has 13 heavy (non-hydrogen) atoms. The van der Waals surface area contributed by atoms with E-state index >= 15 is 0 Å². The molecule has 0 aliphatic heterocycles. The zero-order chi connectivity index (χ0) is 9.84. The van der Waals surface area contributed by atoms with Gasteiger partial charge in [0.05, 0.1) is 5.03 Å². The van der Waals surface area contributed by atoms with Gasteiger partial charge in [-0.1, -0.05) is 30.7 Å². The van der Waals surface area contributed by atoms with Crippen LogP contribution in [-0.2, 0) is 0 Å². The van der Waals surface area contributed by atoms with Gasteiger partial charge < -0.3 is 5.73 Å². The first-order valence-corrected chi connectivity index (χ1v) is 5.51. The third-order valence-corrected chi connectivity index (χ3v) is 2.57. The first-order valence-electron chi connectivity index (χ1n) is 3.73. The SMILES string of the molecule is CCSc1cc(C(N)=S)cc(Cl)n1. The maximum absolute atomic E-state index is 5.79. The number of nitrogens with zero attached hydrogens (tertiary/aromatic N) is 1. The number of thiocarbonyl (C=S) groups is 1. The third kappa shape index (κ3) is 3.14. The maximum atomic E-state index is 5.79. The van der Waals surface area contributed by atoms with Crippen LogP contribution in [0.5, 0.6) is 0 Å². The van der Waals surface area contributed by atoms with E-state index in [0.29, 0.717) is 10.1 Å². The largest absolute Gasteiger partial charge is 0.389 e. The van der Waals surface area contributed by atoms with Crippen LogP contribution in [0.4, 0.5) is 0 Å². The molecule has 1 aromatic heterocycles. The Kier molecular flexibility index (Phi) is 3.96. The highest BCUT2D eigenvalue weighted by Crippen LogP contribution is 2.19. The van der Waals surface area contributed by atoms with Gasteiger partial charge in [0.25, 0.3) is 0 Å². The molecular weight excluding hydrogens is 224 g/mol. The summed E-state index contributed by atoms with van der Waals surface area (Å²) in [5.41, 5.74) is 6.25. The Morgan fingerprint density at radius 2 is 2.38 bits per heavy atom. The van der Waals surface area contributed by atoms with Gasteiger partial charge in [0, 0.05) is 5.56 Å². The van der Waals surface area contributed by atoms with E-state index in [4.69, 9.17) is 29.6 Å². The normalized spacial score (nSPS) is 10.0. The molecule has 0 aliphatic carbocycles. The smallest absolute Gasteiger partial charge is 0.131 e. The molecule has 0 unspecified atom stereocenters. The highest BCUT2D eigenvalue weighted by atomic mass is 35.5. The lowest BCUT2D eigenvalue weighted by molar-refractivity contribution is 1.13. The fourth-order valence-electron chi connectivity index (χ4n) is 0.837. The number of hydrogen-bond donors (Lipinski definition) is 1. The van der Waals surface area contributed by atoms with Crippen molar-refractivity contribution in [2.45, 2.75) is 11.9 Å². The number of aromatic nitrogens is 1. The van der Waals surface area contributed by atoms with Gasteiger partial charge >= 0.3 is 0 Å². The minimum atomic E-state index is 0.349. The predicted octanol–water partition coefficient (Wildman–Crippen LogP) is 2.48. The van der Waals surface area contributed by atoms with Crippen LogP contribution in [0.15, 0.2) is 17.2 Å². The number of hydrogen-bond acceptors (Lipinski definition) is 3. The average Bonchev–Trinajstić information content (AvgIpc) is 2.03. The predicted molar refractivity (Wildman–Crippen MR) is 61.5 cm³/mol. The molecule has 0 aliphatic rings. The Morgan fingerprint density at radius 3 is 2.92 bits per heavy atom. The fraction of sp³-hybridized carbons (Fsp3) is 0.250. The van der Waals surface area contributed by atoms with E-state index < -0.39 is 0 Å². The molecule has 1 heterocycles. The molecule has 0 saturated heterocycles. The maximum Gasteiger partial charge on any atom is 0.131 e. The highest BCUT2D eigenvalue weighted by Gasteiger charge is 2.02. The summed E-state index contributed by atoms with van der Waals surface area (Å²) in [6, 6.07) is 3.52. The highest BCUT2D eigenvalue weighted by molar-refractivity contribution is 7.99. The summed E-state index contributed by atoms with van der Waals surface area (Å²) in [7, 11) is 0. The summed E-state index contributed by atoms with van der Waals surface area (Å²) in [6.07, 6.45) is 0. The minimum Gasteiger partial charge on any atom is -0.389 e. The van der Waals surface area contributed by atoms with Crippen LogP contribution < -0.4 is 5.73 Å². The molecule has 0 bridgehead atoms. The van der Waals surface area contributed by atoms with Crippen molar-refractivity contribution in [3.05, 3.63) is 22.8 Å². The van der Waals surface area contributed by atoms with Gasteiger partial charge in [-0.3, -0.25) is 0 Å². The monoisotopic (exact) mass is 232 g/mol. The second-order valence-corrected chi connectivity index (χ2v) is 4.43. The molecule has 0 atom stereocenters. The summed E-state index contributed by atoms with van der Waals surface area (Å²) in [5.74, 6) is 0.949. The molecule has 2 nitrogen and oxygen atoms in total. The summed E-state index contributed by atoms with van der Waals surface area (Å²) < 4.78 is 0. The standard InChI is InChI=1S/C8H9ClN2S2/c1-2-13-7-4-5(8(10)12)3-6(9)11-7/h3-4H,2H2,1H3,(H2,10,12). The average molecular weight is 233 g/mol. The van der Waals surface area contributed by atoms with Crippen molar-refractivity contribution in [3.8, 4) is 0 Å². The lowest BCUT2D eigenvalue weighted by atomic mass is 10.3. The van der Waals surface area contributed by atoms with E-state index in [9.17, 15) is 0 Å². The van der Waals surface area contributed by atoms with Crippen LogP contribution >= 0.6 is 35.6 Å². The summed E-state index contributed by atoms with van der Waals surface area (Å²) >= 11 is 12.2. The van der Waals surface area contributed by atoms with Crippen molar-refractivity contribution in [1.82, 2.24) is 4.98 Å². The summed E-state index contributed by atoms with van der Waals surface area (Å²) in [5, 5.41) is 1.29. The Bertz CT molecular complexity index is 328. The fourth-order valence-corrected chi connectivity index (χ4v) is 1.88. The third-order valence-electron chi connectivity index (χ3n) is 1.35. The molecule has 0 spiro atoms. The van der Waals surface area contributed by atoms with Crippen LogP contribution in [0.3, 0.4) is 0 Å². The van der Waals surface area contributed by atoms with Gasteiger partial charge in [-0.05, 0) is 17.9 Å². The molecule has 1 rings (SSSR count). The molecule has 0 radical (unpaired) electrons.